The van der Waals surface area contributed by atoms with Gasteiger partial charge in [-0.25, -0.2) is 0 Å². The van der Waals surface area contributed by atoms with Crippen LogP contribution >= 0.6 is 0 Å². The molecule has 0 bridgehead atoms. The predicted octanol–water partition coefficient (Wildman–Crippen LogP) is -0.815. The van der Waals surface area contributed by atoms with Crippen LogP contribution in [0, 0.1) is 17.7 Å². The van der Waals surface area contributed by atoms with Crippen molar-refractivity contribution in [1.29, 1.82) is 0 Å². The van der Waals surface area contributed by atoms with Crippen molar-refractivity contribution in [1.82, 2.24) is 0 Å². The zero-order valence-electron chi connectivity index (χ0n) is 8.31. The van der Waals surface area contributed by atoms with Gasteiger partial charge in [-0.1, -0.05) is 0 Å². The molecule has 1 saturated heterocycles. The second kappa shape index (κ2) is 10.8. The van der Waals surface area contributed by atoms with Crippen molar-refractivity contribution in [2.45, 2.75) is 12.8 Å². The fourth-order valence-corrected chi connectivity index (χ4v) is 0.926. The van der Waals surface area contributed by atoms with Gasteiger partial charge < -0.3 is 21.7 Å². The molecule has 0 aromatic heterocycles. The van der Waals surface area contributed by atoms with Gasteiger partial charge in [-0.2, -0.15) is 6.07 Å². The minimum absolute atomic E-state index is 0. The largest absolute Gasteiger partial charge is 2.00 e. The third-order valence-electron chi connectivity index (χ3n) is 1.55. The second-order valence-electron chi connectivity index (χ2n) is 2.69. The van der Waals surface area contributed by atoms with E-state index in [2.05, 4.69) is 6.07 Å². The first-order valence-electron chi connectivity index (χ1n) is 4.19. The number of rotatable bonds is 0. The Labute approximate surface area is 115 Å². The summed E-state index contributed by atoms with van der Waals surface area (Å²) in [5, 5.41) is 0. The number of halogens is 3. The predicted molar refractivity (Wildman–Crippen MR) is 51.0 cm³/mol. The van der Waals surface area contributed by atoms with Crippen LogP contribution < -0.4 is 17.0 Å². The zero-order chi connectivity index (χ0) is 9.52. The Hall–Kier alpha value is 0.286. The molecule has 1 heterocycles. The molecular formula is C10H11BrF2MgO. The van der Waals surface area contributed by atoms with Crippen LogP contribution in [-0.4, -0.2) is 36.3 Å². The Balaban J connectivity index is 0. The van der Waals surface area contributed by atoms with Crippen molar-refractivity contribution >= 4 is 23.1 Å². The molecule has 1 aromatic rings. The first kappa shape index (κ1) is 17.7. The average molecular weight is 289 g/mol. The normalized spacial score (nSPS) is 12.9. The van der Waals surface area contributed by atoms with Gasteiger partial charge in [0.25, 0.3) is 0 Å². The fourth-order valence-electron chi connectivity index (χ4n) is 0.926. The first-order chi connectivity index (χ1) is 6.29. The van der Waals surface area contributed by atoms with Crippen molar-refractivity contribution in [3.05, 3.63) is 35.9 Å². The van der Waals surface area contributed by atoms with Gasteiger partial charge in [0.05, 0.1) is 0 Å². The van der Waals surface area contributed by atoms with Crippen LogP contribution in [0.2, 0.25) is 0 Å². The van der Waals surface area contributed by atoms with Crippen LogP contribution in [0.4, 0.5) is 8.78 Å². The number of ether oxygens (including phenoxy) is 1. The van der Waals surface area contributed by atoms with Crippen molar-refractivity contribution < 1.29 is 30.5 Å². The maximum absolute atomic E-state index is 11.9. The molecular weight excluding hydrogens is 278 g/mol. The van der Waals surface area contributed by atoms with E-state index in [1.165, 1.54) is 12.8 Å². The molecule has 0 spiro atoms. The molecule has 0 unspecified atom stereocenters. The summed E-state index contributed by atoms with van der Waals surface area (Å²) in [6.07, 6.45) is 2.56. The second-order valence-corrected chi connectivity index (χ2v) is 2.69. The Morgan fingerprint density at radius 1 is 1.07 bits per heavy atom. The van der Waals surface area contributed by atoms with Gasteiger partial charge in [-0.3, -0.25) is 8.78 Å². The standard InChI is InChI=1S/C6H3F2.C4H8O.BrH.Mg/c7-5-2-1-3-6(8)4-5;1-2-4-5-3-1;;/h2-4H;1-4H2;1H;/q-1;;;+2/p-1. The van der Waals surface area contributed by atoms with Crippen molar-refractivity contribution in [2.24, 2.45) is 0 Å². The molecule has 0 radical (unpaired) electrons. The molecule has 2 rings (SSSR count). The SMILES string of the molecule is C1CCOC1.Fc1c[c-]cc(F)c1.[Br-].[Mg+2]. The Bertz CT molecular complexity index is 232. The zero-order valence-corrected chi connectivity index (χ0v) is 11.3. The van der Waals surface area contributed by atoms with E-state index in [-0.39, 0.29) is 40.0 Å². The number of hydrogen-bond acceptors (Lipinski definition) is 1. The quantitative estimate of drug-likeness (QED) is 0.448. The van der Waals surface area contributed by atoms with Gasteiger partial charge >= 0.3 is 23.1 Å². The molecule has 0 saturated carbocycles. The monoisotopic (exact) mass is 288 g/mol. The van der Waals surface area contributed by atoms with Crippen molar-refractivity contribution in [3.8, 4) is 0 Å². The van der Waals surface area contributed by atoms with Gasteiger partial charge in [0, 0.05) is 24.8 Å². The molecule has 1 aliphatic heterocycles. The summed E-state index contributed by atoms with van der Waals surface area (Å²) < 4.78 is 28.7. The van der Waals surface area contributed by atoms with Gasteiger partial charge in [-0.15, -0.1) is 18.2 Å². The molecule has 0 N–H and O–H groups in total. The van der Waals surface area contributed by atoms with Crippen LogP contribution in [0.3, 0.4) is 0 Å². The molecule has 1 fully saturated rings. The Morgan fingerprint density at radius 2 is 1.53 bits per heavy atom. The van der Waals surface area contributed by atoms with E-state index < -0.39 is 11.6 Å². The summed E-state index contributed by atoms with van der Waals surface area (Å²) in [5.74, 6) is -1.19. The van der Waals surface area contributed by atoms with E-state index in [0.717, 1.165) is 31.4 Å². The number of benzene rings is 1. The van der Waals surface area contributed by atoms with Crippen LogP contribution in [0.25, 0.3) is 0 Å². The van der Waals surface area contributed by atoms with Crippen LogP contribution in [0.5, 0.6) is 0 Å². The minimum Gasteiger partial charge on any atom is -1.00 e. The van der Waals surface area contributed by atoms with E-state index in [4.69, 9.17) is 4.74 Å². The minimum atomic E-state index is -0.593. The van der Waals surface area contributed by atoms with Gasteiger partial charge in [0.1, 0.15) is 0 Å². The van der Waals surface area contributed by atoms with Crippen molar-refractivity contribution in [3.63, 3.8) is 0 Å². The van der Waals surface area contributed by atoms with E-state index in [0.29, 0.717) is 0 Å². The smallest absolute Gasteiger partial charge is 1.00 e. The van der Waals surface area contributed by atoms with E-state index >= 15 is 0 Å². The summed E-state index contributed by atoms with van der Waals surface area (Å²) in [6.45, 7) is 2.00. The van der Waals surface area contributed by atoms with E-state index in [9.17, 15) is 8.78 Å². The van der Waals surface area contributed by atoms with Crippen LogP contribution in [-0.2, 0) is 4.74 Å². The maximum atomic E-state index is 11.9. The third kappa shape index (κ3) is 9.23. The van der Waals surface area contributed by atoms with Crippen LogP contribution in [0.1, 0.15) is 12.8 Å². The molecule has 1 aromatic carbocycles. The van der Waals surface area contributed by atoms with Gasteiger partial charge in [0.15, 0.2) is 0 Å². The molecule has 0 atom stereocenters. The topological polar surface area (TPSA) is 9.23 Å². The summed E-state index contributed by atoms with van der Waals surface area (Å²) >= 11 is 0. The van der Waals surface area contributed by atoms with E-state index in [1.54, 1.807) is 0 Å². The molecule has 0 aliphatic carbocycles. The maximum Gasteiger partial charge on any atom is 2.00 e. The average Bonchev–Trinajstić information content (AvgIpc) is 2.59. The first-order valence-corrected chi connectivity index (χ1v) is 4.19. The number of hydrogen-bond donors (Lipinski definition) is 0. The molecule has 15 heavy (non-hydrogen) atoms. The fraction of sp³-hybridized carbons (Fsp3) is 0.400. The molecule has 1 nitrogen and oxygen atoms in total. The Kier molecular flexibility index (Phi) is 12.7. The summed E-state index contributed by atoms with van der Waals surface area (Å²) in [7, 11) is 0. The summed E-state index contributed by atoms with van der Waals surface area (Å²) in [4.78, 5) is 0. The Morgan fingerprint density at radius 3 is 1.73 bits per heavy atom. The van der Waals surface area contributed by atoms with Gasteiger partial charge in [-0.05, 0) is 12.8 Å². The van der Waals surface area contributed by atoms with E-state index in [1.807, 2.05) is 0 Å². The molecule has 5 heteroatoms. The molecule has 1 aliphatic rings. The van der Waals surface area contributed by atoms with Crippen molar-refractivity contribution in [2.75, 3.05) is 13.2 Å². The molecule has 0 amide bonds. The molecule has 80 valence electrons. The summed E-state index contributed by atoms with van der Waals surface area (Å²) in [5.41, 5.74) is 0. The van der Waals surface area contributed by atoms with Gasteiger partial charge in [0.2, 0.25) is 0 Å². The summed E-state index contributed by atoms with van der Waals surface area (Å²) in [6, 6.07) is 5.23. The third-order valence-corrected chi connectivity index (χ3v) is 1.55. The van der Waals surface area contributed by atoms with Crippen LogP contribution in [0.15, 0.2) is 18.2 Å².